The lowest BCUT2D eigenvalue weighted by atomic mass is 9.96. The molecule has 5 atom stereocenters. The highest BCUT2D eigenvalue weighted by Crippen LogP contribution is 2.46. The fraction of sp³-hybridized carbons (Fsp3) is 0.435. The number of epoxide rings is 1. The average Bonchev–Trinajstić information content (AvgIpc) is 3.53. The molecule has 1 saturated heterocycles. The molecule has 0 bridgehead atoms. The molecule has 0 spiro atoms. The summed E-state index contributed by atoms with van der Waals surface area (Å²) in [6, 6.07) is 2.83. The summed E-state index contributed by atoms with van der Waals surface area (Å²) < 4.78 is 26.0. The van der Waals surface area contributed by atoms with Gasteiger partial charge in [0.1, 0.15) is 42.0 Å². The van der Waals surface area contributed by atoms with Crippen LogP contribution in [0.5, 0.6) is 11.5 Å². The van der Waals surface area contributed by atoms with E-state index in [1.807, 2.05) is 0 Å². The van der Waals surface area contributed by atoms with E-state index in [1.165, 1.54) is 31.4 Å². The van der Waals surface area contributed by atoms with Crippen LogP contribution in [0, 0.1) is 0 Å². The van der Waals surface area contributed by atoms with Gasteiger partial charge in [0.25, 0.3) is 0 Å². The molecule has 0 amide bonds. The second-order valence-electron chi connectivity index (χ2n) is 7.65. The van der Waals surface area contributed by atoms with E-state index in [1.54, 1.807) is 6.92 Å². The Labute approximate surface area is 190 Å². The van der Waals surface area contributed by atoms with Crippen LogP contribution in [0.1, 0.15) is 41.8 Å². The Hall–Kier alpha value is -3.37. The summed E-state index contributed by atoms with van der Waals surface area (Å²) in [7, 11) is 1.41. The SMILES string of the molecule is C=CCOC(=O)O[C@@H]1C(=O)/C=C\C[C@H](C)OC(=O)c2c(O)cc(OC)cc2[C@H]2O[C@@H]2C[C@@H]1O. The smallest absolute Gasteiger partial charge is 0.507 e. The summed E-state index contributed by atoms with van der Waals surface area (Å²) in [5.74, 6) is -1.45. The lowest BCUT2D eigenvalue weighted by Crippen LogP contribution is -2.38. The molecule has 2 aliphatic heterocycles. The first kappa shape index (κ1) is 24.3. The lowest BCUT2D eigenvalue weighted by molar-refractivity contribution is -0.130. The van der Waals surface area contributed by atoms with E-state index in [9.17, 15) is 24.6 Å². The molecule has 33 heavy (non-hydrogen) atoms. The Bertz CT molecular complexity index is 953. The van der Waals surface area contributed by atoms with Gasteiger partial charge in [-0.3, -0.25) is 4.79 Å². The summed E-state index contributed by atoms with van der Waals surface area (Å²) >= 11 is 0. The number of carbonyl (C=O) groups excluding carboxylic acids is 3. The third-order valence-corrected chi connectivity index (χ3v) is 5.15. The van der Waals surface area contributed by atoms with Crippen LogP contribution in [0.25, 0.3) is 0 Å². The number of phenols is 1. The van der Waals surface area contributed by atoms with Crippen molar-refractivity contribution in [2.75, 3.05) is 13.7 Å². The fourth-order valence-corrected chi connectivity index (χ4v) is 3.50. The fourth-order valence-electron chi connectivity index (χ4n) is 3.50. The molecule has 3 rings (SSSR count). The van der Waals surface area contributed by atoms with Crippen molar-refractivity contribution in [1.29, 1.82) is 0 Å². The number of phenolic OH excluding ortho intramolecular Hbond substituents is 1. The van der Waals surface area contributed by atoms with E-state index in [2.05, 4.69) is 6.58 Å². The first-order valence-corrected chi connectivity index (χ1v) is 10.3. The molecule has 0 aromatic heterocycles. The van der Waals surface area contributed by atoms with Crippen molar-refractivity contribution >= 4 is 17.9 Å². The van der Waals surface area contributed by atoms with Crippen molar-refractivity contribution in [2.45, 2.75) is 50.3 Å². The van der Waals surface area contributed by atoms with Gasteiger partial charge in [-0.1, -0.05) is 18.7 Å². The topological polar surface area (TPSA) is 141 Å². The van der Waals surface area contributed by atoms with Gasteiger partial charge in [0, 0.05) is 24.5 Å². The number of aliphatic hydroxyl groups excluding tert-OH is 1. The zero-order valence-electron chi connectivity index (χ0n) is 18.3. The number of hydrogen-bond donors (Lipinski definition) is 2. The normalized spacial score (nSPS) is 28.3. The Balaban J connectivity index is 1.91. The second-order valence-corrected chi connectivity index (χ2v) is 7.65. The summed E-state index contributed by atoms with van der Waals surface area (Å²) in [6.07, 6.45) is -2.02. The number of benzene rings is 1. The van der Waals surface area contributed by atoms with E-state index in [0.29, 0.717) is 11.3 Å². The van der Waals surface area contributed by atoms with Crippen LogP contribution in [0.3, 0.4) is 0 Å². The van der Waals surface area contributed by atoms with Crippen LogP contribution in [0.4, 0.5) is 4.79 Å². The predicted molar refractivity (Wildman–Crippen MR) is 113 cm³/mol. The zero-order chi connectivity index (χ0) is 24.1. The Morgan fingerprint density at radius 2 is 2.09 bits per heavy atom. The van der Waals surface area contributed by atoms with Crippen LogP contribution < -0.4 is 4.74 Å². The third-order valence-electron chi connectivity index (χ3n) is 5.15. The van der Waals surface area contributed by atoms with Crippen LogP contribution in [0.2, 0.25) is 0 Å². The summed E-state index contributed by atoms with van der Waals surface area (Å²) in [6.45, 7) is 4.92. The number of aromatic hydroxyl groups is 1. The van der Waals surface area contributed by atoms with Gasteiger partial charge in [0.15, 0.2) is 11.9 Å². The number of carbonyl (C=O) groups is 3. The minimum atomic E-state index is -1.53. The summed E-state index contributed by atoms with van der Waals surface area (Å²) in [5.41, 5.74) is 0.255. The summed E-state index contributed by atoms with van der Waals surface area (Å²) in [4.78, 5) is 37.3. The highest BCUT2D eigenvalue weighted by molar-refractivity contribution is 5.96. The van der Waals surface area contributed by atoms with Crippen molar-refractivity contribution in [3.8, 4) is 11.5 Å². The molecule has 1 fully saturated rings. The van der Waals surface area contributed by atoms with E-state index in [0.717, 1.165) is 6.08 Å². The number of fused-ring (bicyclic) bond motifs is 3. The molecule has 10 nitrogen and oxygen atoms in total. The van der Waals surface area contributed by atoms with Gasteiger partial charge < -0.3 is 33.9 Å². The van der Waals surface area contributed by atoms with E-state index in [-0.39, 0.29) is 30.8 Å². The number of esters is 1. The van der Waals surface area contributed by atoms with Crippen molar-refractivity contribution in [2.24, 2.45) is 0 Å². The predicted octanol–water partition coefficient (Wildman–Crippen LogP) is 2.37. The van der Waals surface area contributed by atoms with Gasteiger partial charge in [0.2, 0.25) is 0 Å². The highest BCUT2D eigenvalue weighted by Gasteiger charge is 2.46. The molecule has 1 aromatic rings. The van der Waals surface area contributed by atoms with Gasteiger partial charge in [-0.15, -0.1) is 0 Å². The van der Waals surface area contributed by atoms with Gasteiger partial charge in [-0.05, 0) is 19.1 Å². The largest absolute Gasteiger partial charge is 0.509 e. The maximum absolute atomic E-state index is 12.8. The van der Waals surface area contributed by atoms with Crippen LogP contribution >= 0.6 is 0 Å². The van der Waals surface area contributed by atoms with Crippen molar-refractivity contribution in [1.82, 2.24) is 0 Å². The van der Waals surface area contributed by atoms with E-state index in [4.69, 9.17) is 23.7 Å². The van der Waals surface area contributed by atoms with Gasteiger partial charge in [-0.25, -0.2) is 9.59 Å². The van der Waals surface area contributed by atoms with E-state index < -0.39 is 48.4 Å². The van der Waals surface area contributed by atoms with E-state index >= 15 is 0 Å². The third kappa shape index (κ3) is 5.91. The second kappa shape index (κ2) is 10.5. The molecule has 2 N–H and O–H groups in total. The first-order chi connectivity index (χ1) is 15.7. The molecule has 0 saturated carbocycles. The maximum Gasteiger partial charge on any atom is 0.509 e. The minimum absolute atomic E-state index is 0.0671. The number of rotatable bonds is 4. The van der Waals surface area contributed by atoms with Crippen molar-refractivity contribution < 1.29 is 48.3 Å². The van der Waals surface area contributed by atoms with Crippen molar-refractivity contribution in [3.63, 3.8) is 0 Å². The first-order valence-electron chi connectivity index (χ1n) is 10.3. The molecule has 1 aromatic carbocycles. The number of ketones is 1. The Morgan fingerprint density at radius 1 is 1.33 bits per heavy atom. The van der Waals surface area contributed by atoms with Gasteiger partial charge in [0.05, 0.1) is 13.2 Å². The van der Waals surface area contributed by atoms with Gasteiger partial charge >= 0.3 is 12.1 Å². The van der Waals surface area contributed by atoms with Crippen LogP contribution in [-0.2, 0) is 23.7 Å². The van der Waals surface area contributed by atoms with Gasteiger partial charge in [-0.2, -0.15) is 0 Å². The standard InChI is InChI=1S/C23H26O10/c1-4-8-30-23(28)33-21-15(24)7-5-6-12(2)31-22(27)19-14(9-13(29-3)10-16(19)25)20-18(32-20)11-17(21)26/h4-5,7,9-10,12,17-18,20-21,25-26H,1,6,8,11H2,2-3H3/b7-5-/t12-,17-,18+,20+,21+/m0/s1. The summed E-state index contributed by atoms with van der Waals surface area (Å²) in [5, 5.41) is 21.1. The Kier molecular flexibility index (Phi) is 7.72. The monoisotopic (exact) mass is 462 g/mol. The zero-order valence-corrected chi connectivity index (χ0v) is 18.3. The molecule has 0 unspecified atom stereocenters. The number of methoxy groups -OCH3 is 1. The average molecular weight is 462 g/mol. The quantitative estimate of drug-likeness (QED) is 0.389. The van der Waals surface area contributed by atoms with Crippen molar-refractivity contribution in [3.05, 3.63) is 48.1 Å². The molecule has 0 radical (unpaired) electrons. The molecule has 0 aliphatic carbocycles. The minimum Gasteiger partial charge on any atom is -0.507 e. The lowest BCUT2D eigenvalue weighted by Gasteiger charge is -2.20. The highest BCUT2D eigenvalue weighted by atomic mass is 16.7. The number of ether oxygens (including phenoxy) is 5. The Morgan fingerprint density at radius 3 is 2.79 bits per heavy atom. The molecular formula is C23H26O10. The van der Waals surface area contributed by atoms with Crippen LogP contribution in [0.15, 0.2) is 36.9 Å². The number of hydrogen-bond acceptors (Lipinski definition) is 10. The number of cyclic esters (lactones) is 1. The van der Waals surface area contributed by atoms with Crippen LogP contribution in [-0.4, -0.2) is 66.3 Å². The maximum atomic E-state index is 12.8. The molecule has 2 heterocycles. The molecular weight excluding hydrogens is 436 g/mol. The molecule has 2 aliphatic rings. The molecule has 10 heteroatoms. The number of aliphatic hydroxyl groups is 1. The molecule has 178 valence electrons.